The highest BCUT2D eigenvalue weighted by molar-refractivity contribution is 5.86. The summed E-state index contributed by atoms with van der Waals surface area (Å²) in [7, 11) is 0. The van der Waals surface area contributed by atoms with Crippen molar-refractivity contribution in [3.63, 3.8) is 0 Å². The lowest BCUT2D eigenvalue weighted by Gasteiger charge is -2.24. The van der Waals surface area contributed by atoms with E-state index in [1.54, 1.807) is 0 Å². The van der Waals surface area contributed by atoms with E-state index in [4.69, 9.17) is 4.52 Å². The second-order valence-electron chi connectivity index (χ2n) is 6.94. The molecule has 1 aromatic heterocycles. The Kier molecular flexibility index (Phi) is 4.71. The zero-order valence-electron chi connectivity index (χ0n) is 14.9. The largest absolute Gasteiger partial charge is 0.356 e. The fraction of sp³-hybridized carbons (Fsp3) is 0.333. The van der Waals surface area contributed by atoms with Gasteiger partial charge in [0.25, 0.3) is 0 Å². The zero-order valence-corrected chi connectivity index (χ0v) is 14.9. The van der Waals surface area contributed by atoms with Gasteiger partial charge in [0, 0.05) is 30.6 Å². The van der Waals surface area contributed by atoms with Gasteiger partial charge in [-0.15, -0.1) is 0 Å². The summed E-state index contributed by atoms with van der Waals surface area (Å²) in [5.74, 6) is 0.00303. The van der Waals surface area contributed by atoms with Crippen molar-refractivity contribution in [1.82, 2.24) is 15.4 Å². The molecule has 0 spiro atoms. The van der Waals surface area contributed by atoms with Crippen molar-refractivity contribution >= 4 is 16.9 Å². The lowest BCUT2D eigenvalue weighted by molar-refractivity contribution is -0.121. The van der Waals surface area contributed by atoms with Crippen molar-refractivity contribution in [2.75, 3.05) is 13.1 Å². The van der Waals surface area contributed by atoms with Gasteiger partial charge in [-0.2, -0.15) is 0 Å². The van der Waals surface area contributed by atoms with Crippen molar-refractivity contribution < 1.29 is 9.32 Å². The minimum absolute atomic E-state index is 0.00303. The Morgan fingerprint density at radius 2 is 2.00 bits per heavy atom. The summed E-state index contributed by atoms with van der Waals surface area (Å²) in [4.78, 5) is 14.9. The number of benzene rings is 2. The number of nitrogens with one attached hydrogen (secondary N) is 1. The molecule has 1 fully saturated rings. The molecule has 5 nitrogen and oxygen atoms in total. The van der Waals surface area contributed by atoms with E-state index in [2.05, 4.69) is 46.6 Å². The SMILES string of the molecule is CC(c1ccccc1)N1CCC(NC(=O)Cc2noc3ccccc23)C1. The van der Waals surface area contributed by atoms with Crippen molar-refractivity contribution in [3.8, 4) is 0 Å². The standard InChI is InChI=1S/C21H23N3O2/c1-15(16-7-3-2-4-8-16)24-12-11-17(14-24)22-21(25)13-19-18-9-5-6-10-20(18)26-23-19/h2-10,15,17H,11-14H2,1H3,(H,22,25). The number of rotatable bonds is 5. The molecule has 2 atom stereocenters. The van der Waals surface area contributed by atoms with Gasteiger partial charge in [-0.3, -0.25) is 9.69 Å². The molecule has 2 unspecified atom stereocenters. The van der Waals surface area contributed by atoms with Crippen LogP contribution in [0.2, 0.25) is 0 Å². The number of likely N-dealkylation sites (tertiary alicyclic amines) is 1. The number of aromatic nitrogens is 1. The van der Waals surface area contributed by atoms with Gasteiger partial charge in [0.2, 0.25) is 5.91 Å². The lowest BCUT2D eigenvalue weighted by Crippen LogP contribution is -2.38. The highest BCUT2D eigenvalue weighted by Crippen LogP contribution is 2.24. The highest BCUT2D eigenvalue weighted by Gasteiger charge is 2.28. The van der Waals surface area contributed by atoms with Gasteiger partial charge in [-0.25, -0.2) is 0 Å². The van der Waals surface area contributed by atoms with E-state index < -0.39 is 0 Å². The molecule has 2 heterocycles. The summed E-state index contributed by atoms with van der Waals surface area (Å²) in [5.41, 5.74) is 2.73. The number of nitrogens with zero attached hydrogens (tertiary/aromatic N) is 2. The van der Waals surface area contributed by atoms with Crippen LogP contribution in [0.4, 0.5) is 0 Å². The lowest BCUT2D eigenvalue weighted by atomic mass is 10.1. The predicted molar refractivity (Wildman–Crippen MR) is 101 cm³/mol. The molecule has 1 amide bonds. The molecule has 4 rings (SSSR count). The van der Waals surface area contributed by atoms with Gasteiger partial charge in [-0.1, -0.05) is 47.6 Å². The second kappa shape index (κ2) is 7.30. The fourth-order valence-corrected chi connectivity index (χ4v) is 3.70. The molecule has 0 radical (unpaired) electrons. The van der Waals surface area contributed by atoms with Crippen LogP contribution in [0.15, 0.2) is 59.1 Å². The third-order valence-electron chi connectivity index (χ3n) is 5.19. The molecule has 0 bridgehead atoms. The molecule has 2 aromatic carbocycles. The molecule has 1 aliphatic rings. The first-order valence-electron chi connectivity index (χ1n) is 9.12. The summed E-state index contributed by atoms with van der Waals surface area (Å²) in [6.45, 7) is 4.09. The van der Waals surface area contributed by atoms with E-state index in [1.807, 2.05) is 30.3 Å². The van der Waals surface area contributed by atoms with Crippen molar-refractivity contribution in [3.05, 3.63) is 65.9 Å². The minimum Gasteiger partial charge on any atom is -0.356 e. The Hall–Kier alpha value is -2.66. The Morgan fingerprint density at radius 3 is 2.85 bits per heavy atom. The minimum atomic E-state index is 0.00303. The number of hydrogen-bond acceptors (Lipinski definition) is 4. The molecule has 3 aromatic rings. The van der Waals surface area contributed by atoms with Crippen LogP contribution in [0.25, 0.3) is 11.0 Å². The van der Waals surface area contributed by atoms with E-state index >= 15 is 0 Å². The molecule has 1 saturated heterocycles. The zero-order chi connectivity index (χ0) is 17.9. The monoisotopic (exact) mass is 349 g/mol. The van der Waals surface area contributed by atoms with Gasteiger partial charge in [0.1, 0.15) is 5.69 Å². The number of para-hydroxylation sites is 1. The van der Waals surface area contributed by atoms with Crippen LogP contribution in [0.5, 0.6) is 0 Å². The van der Waals surface area contributed by atoms with Crippen LogP contribution in [0, 0.1) is 0 Å². The van der Waals surface area contributed by atoms with Crippen LogP contribution in [0.1, 0.15) is 30.6 Å². The summed E-state index contributed by atoms with van der Waals surface area (Å²) in [5, 5.41) is 8.11. The molecule has 0 saturated carbocycles. The van der Waals surface area contributed by atoms with Crippen molar-refractivity contribution in [1.29, 1.82) is 0 Å². The number of amides is 1. The van der Waals surface area contributed by atoms with E-state index in [0.717, 1.165) is 30.5 Å². The first-order valence-corrected chi connectivity index (χ1v) is 9.12. The molecule has 5 heteroatoms. The summed E-state index contributed by atoms with van der Waals surface area (Å²) < 4.78 is 5.28. The molecule has 0 aliphatic carbocycles. The summed E-state index contributed by atoms with van der Waals surface area (Å²) in [6, 6.07) is 18.7. The van der Waals surface area contributed by atoms with E-state index in [1.165, 1.54) is 5.56 Å². The van der Waals surface area contributed by atoms with E-state index in [9.17, 15) is 4.79 Å². The smallest absolute Gasteiger partial charge is 0.226 e. The van der Waals surface area contributed by atoms with Crippen LogP contribution < -0.4 is 5.32 Å². The first-order chi connectivity index (χ1) is 12.7. The van der Waals surface area contributed by atoms with Crippen LogP contribution in [0.3, 0.4) is 0 Å². The van der Waals surface area contributed by atoms with Crippen molar-refractivity contribution in [2.45, 2.75) is 31.8 Å². The Balaban J connectivity index is 1.34. The number of carbonyl (C=O) groups excluding carboxylic acids is 1. The maximum absolute atomic E-state index is 12.4. The third kappa shape index (κ3) is 3.48. The highest BCUT2D eigenvalue weighted by atomic mass is 16.5. The maximum Gasteiger partial charge on any atom is 0.226 e. The molecule has 134 valence electrons. The number of carbonyl (C=O) groups is 1. The van der Waals surface area contributed by atoms with Crippen LogP contribution in [-0.4, -0.2) is 35.1 Å². The van der Waals surface area contributed by atoms with Crippen molar-refractivity contribution in [2.24, 2.45) is 0 Å². The Morgan fingerprint density at radius 1 is 1.23 bits per heavy atom. The molecule has 26 heavy (non-hydrogen) atoms. The van der Waals surface area contributed by atoms with E-state index in [0.29, 0.717) is 11.7 Å². The average Bonchev–Trinajstić information content (AvgIpc) is 3.29. The Bertz CT molecular complexity index is 890. The predicted octanol–water partition coefficient (Wildman–Crippen LogP) is 3.32. The van der Waals surface area contributed by atoms with Gasteiger partial charge < -0.3 is 9.84 Å². The second-order valence-corrected chi connectivity index (χ2v) is 6.94. The van der Waals surface area contributed by atoms with Crippen LogP contribution >= 0.6 is 0 Å². The third-order valence-corrected chi connectivity index (χ3v) is 5.19. The number of fused-ring (bicyclic) bond motifs is 1. The van der Waals surface area contributed by atoms with Crippen LogP contribution in [-0.2, 0) is 11.2 Å². The summed E-state index contributed by atoms with van der Waals surface area (Å²) >= 11 is 0. The molecule has 1 N–H and O–H groups in total. The fourth-order valence-electron chi connectivity index (χ4n) is 3.70. The number of hydrogen-bond donors (Lipinski definition) is 1. The van der Waals surface area contributed by atoms with Gasteiger partial charge in [0.15, 0.2) is 5.58 Å². The Labute approximate surface area is 153 Å². The normalized spacial score (nSPS) is 18.9. The van der Waals surface area contributed by atoms with Gasteiger partial charge >= 0.3 is 0 Å². The maximum atomic E-state index is 12.4. The summed E-state index contributed by atoms with van der Waals surface area (Å²) in [6.07, 6.45) is 1.23. The first kappa shape index (κ1) is 16.8. The molecule has 1 aliphatic heterocycles. The molecular formula is C21H23N3O2. The van der Waals surface area contributed by atoms with Gasteiger partial charge in [-0.05, 0) is 31.0 Å². The van der Waals surface area contributed by atoms with Gasteiger partial charge in [0.05, 0.1) is 6.42 Å². The van der Waals surface area contributed by atoms with E-state index in [-0.39, 0.29) is 18.4 Å². The quantitative estimate of drug-likeness (QED) is 0.768. The topological polar surface area (TPSA) is 58.4 Å². The molecular weight excluding hydrogens is 326 g/mol. The average molecular weight is 349 g/mol.